The molecule has 0 unspecified atom stereocenters. The molecule has 4 nitrogen and oxygen atoms in total. The van der Waals surface area contributed by atoms with Crippen LogP contribution in [0.15, 0.2) is 18.3 Å². The first kappa shape index (κ1) is 11.8. The Morgan fingerprint density at radius 1 is 1.47 bits per heavy atom. The molecule has 0 aliphatic heterocycles. The zero-order valence-corrected chi connectivity index (χ0v) is 9.07. The van der Waals surface area contributed by atoms with Crippen molar-refractivity contribution in [2.24, 2.45) is 7.05 Å². The van der Waals surface area contributed by atoms with Gasteiger partial charge in [-0.3, -0.25) is 4.79 Å². The van der Waals surface area contributed by atoms with Crippen LogP contribution in [0.1, 0.15) is 29.8 Å². The van der Waals surface area contributed by atoms with E-state index in [0.717, 1.165) is 19.3 Å². The highest BCUT2D eigenvalue weighted by molar-refractivity contribution is 5.92. The molecule has 0 aliphatic rings. The lowest BCUT2D eigenvalue weighted by Crippen LogP contribution is -2.26. The van der Waals surface area contributed by atoms with Crippen LogP contribution >= 0.6 is 0 Å². The minimum Gasteiger partial charge on any atom is -0.396 e. The minimum atomic E-state index is -0.0356. The zero-order valence-electron chi connectivity index (χ0n) is 9.07. The van der Waals surface area contributed by atoms with Crippen molar-refractivity contribution in [3.8, 4) is 0 Å². The Labute approximate surface area is 89.9 Å². The Kier molecular flexibility index (Phi) is 4.90. The monoisotopic (exact) mass is 210 g/mol. The molecule has 0 bridgehead atoms. The third kappa shape index (κ3) is 3.75. The van der Waals surface area contributed by atoms with Crippen molar-refractivity contribution >= 4 is 5.91 Å². The summed E-state index contributed by atoms with van der Waals surface area (Å²) in [6, 6.07) is 3.64. The van der Waals surface area contributed by atoms with Crippen LogP contribution in [0.4, 0.5) is 0 Å². The average molecular weight is 210 g/mol. The number of amides is 1. The van der Waals surface area contributed by atoms with Crippen molar-refractivity contribution in [3.05, 3.63) is 24.0 Å². The van der Waals surface area contributed by atoms with E-state index in [9.17, 15) is 4.79 Å². The van der Waals surface area contributed by atoms with Crippen LogP contribution in [0.3, 0.4) is 0 Å². The predicted octanol–water partition coefficient (Wildman–Crippen LogP) is 0.917. The first-order valence-electron chi connectivity index (χ1n) is 5.26. The van der Waals surface area contributed by atoms with Gasteiger partial charge in [-0.05, 0) is 31.4 Å². The molecule has 0 saturated heterocycles. The van der Waals surface area contributed by atoms with E-state index in [4.69, 9.17) is 5.11 Å². The Morgan fingerprint density at radius 3 is 2.87 bits per heavy atom. The standard InChI is InChI=1S/C11H18N2O2/c1-13-8-5-6-10(13)11(15)12-7-3-2-4-9-14/h5-6,8,14H,2-4,7,9H2,1H3,(H,12,15). The Bertz CT molecular complexity index is 307. The molecule has 1 aromatic heterocycles. The number of unbranched alkanes of at least 4 members (excludes halogenated alkanes) is 2. The molecule has 0 aliphatic carbocycles. The van der Waals surface area contributed by atoms with Gasteiger partial charge in [-0.1, -0.05) is 0 Å². The number of nitrogens with one attached hydrogen (secondary N) is 1. The van der Waals surface area contributed by atoms with Gasteiger partial charge >= 0.3 is 0 Å². The van der Waals surface area contributed by atoms with Crippen LogP contribution in [0.25, 0.3) is 0 Å². The second-order valence-corrected chi connectivity index (χ2v) is 3.54. The van der Waals surface area contributed by atoms with Gasteiger partial charge in [0.1, 0.15) is 5.69 Å². The van der Waals surface area contributed by atoms with E-state index in [2.05, 4.69) is 5.32 Å². The summed E-state index contributed by atoms with van der Waals surface area (Å²) < 4.78 is 1.79. The first-order valence-corrected chi connectivity index (χ1v) is 5.26. The fourth-order valence-electron chi connectivity index (χ4n) is 1.40. The second-order valence-electron chi connectivity index (χ2n) is 3.54. The molecular weight excluding hydrogens is 192 g/mol. The summed E-state index contributed by atoms with van der Waals surface area (Å²) >= 11 is 0. The minimum absolute atomic E-state index is 0.0356. The van der Waals surface area contributed by atoms with Crippen molar-refractivity contribution in [1.29, 1.82) is 0 Å². The van der Waals surface area contributed by atoms with Crippen molar-refractivity contribution in [1.82, 2.24) is 9.88 Å². The molecule has 2 N–H and O–H groups in total. The van der Waals surface area contributed by atoms with Crippen molar-refractivity contribution < 1.29 is 9.90 Å². The highest BCUT2D eigenvalue weighted by Crippen LogP contribution is 1.99. The van der Waals surface area contributed by atoms with Crippen LogP contribution in [0, 0.1) is 0 Å². The summed E-state index contributed by atoms with van der Waals surface area (Å²) in [6.45, 7) is 0.899. The molecule has 1 aromatic rings. The van der Waals surface area contributed by atoms with Gasteiger partial charge in [0.05, 0.1) is 0 Å². The Balaban J connectivity index is 2.22. The van der Waals surface area contributed by atoms with Gasteiger partial charge < -0.3 is 15.0 Å². The summed E-state index contributed by atoms with van der Waals surface area (Å²) in [6.07, 6.45) is 4.52. The maximum atomic E-state index is 11.6. The Morgan fingerprint density at radius 2 is 2.27 bits per heavy atom. The predicted molar refractivity (Wildman–Crippen MR) is 58.7 cm³/mol. The molecule has 15 heavy (non-hydrogen) atoms. The summed E-state index contributed by atoms with van der Waals surface area (Å²) in [4.78, 5) is 11.6. The quantitative estimate of drug-likeness (QED) is 0.686. The summed E-state index contributed by atoms with van der Waals surface area (Å²) in [7, 11) is 1.85. The summed E-state index contributed by atoms with van der Waals surface area (Å²) in [5.74, 6) is -0.0356. The number of aliphatic hydroxyl groups is 1. The number of hydrogen-bond donors (Lipinski definition) is 2. The van der Waals surface area contributed by atoms with Crippen LogP contribution < -0.4 is 5.32 Å². The van der Waals surface area contributed by atoms with Crippen molar-refractivity contribution in [3.63, 3.8) is 0 Å². The zero-order chi connectivity index (χ0) is 11.1. The maximum absolute atomic E-state index is 11.6. The van der Waals surface area contributed by atoms with Crippen LogP contribution in [-0.2, 0) is 7.05 Å². The van der Waals surface area contributed by atoms with E-state index < -0.39 is 0 Å². The molecule has 0 saturated carbocycles. The molecule has 1 rings (SSSR count). The van der Waals surface area contributed by atoms with Crippen LogP contribution in [0.2, 0.25) is 0 Å². The molecule has 1 heterocycles. The number of aryl methyl sites for hydroxylation is 1. The highest BCUT2D eigenvalue weighted by Gasteiger charge is 2.06. The number of aliphatic hydroxyl groups excluding tert-OH is 1. The highest BCUT2D eigenvalue weighted by atomic mass is 16.2. The number of rotatable bonds is 6. The molecule has 1 amide bonds. The molecule has 0 radical (unpaired) electrons. The number of hydrogen-bond acceptors (Lipinski definition) is 2. The molecule has 84 valence electrons. The largest absolute Gasteiger partial charge is 0.396 e. The lowest BCUT2D eigenvalue weighted by molar-refractivity contribution is 0.0945. The smallest absolute Gasteiger partial charge is 0.267 e. The van der Waals surface area contributed by atoms with E-state index in [-0.39, 0.29) is 12.5 Å². The summed E-state index contributed by atoms with van der Waals surface area (Å²) in [5.41, 5.74) is 0.678. The van der Waals surface area contributed by atoms with Gasteiger partial charge in [-0.2, -0.15) is 0 Å². The number of carbonyl (C=O) groups excluding carboxylic acids is 1. The van der Waals surface area contributed by atoms with E-state index in [1.54, 1.807) is 10.6 Å². The van der Waals surface area contributed by atoms with Crippen LogP contribution in [-0.4, -0.2) is 28.7 Å². The fraction of sp³-hybridized carbons (Fsp3) is 0.545. The van der Waals surface area contributed by atoms with Gasteiger partial charge in [0.15, 0.2) is 0 Å². The Hall–Kier alpha value is -1.29. The number of nitrogens with zero attached hydrogens (tertiary/aromatic N) is 1. The van der Waals surface area contributed by atoms with Gasteiger partial charge in [0.2, 0.25) is 0 Å². The molecule has 0 fully saturated rings. The SMILES string of the molecule is Cn1cccc1C(=O)NCCCCCO. The lowest BCUT2D eigenvalue weighted by Gasteiger charge is -2.05. The third-order valence-corrected chi connectivity index (χ3v) is 2.30. The van der Waals surface area contributed by atoms with Crippen LogP contribution in [0.5, 0.6) is 0 Å². The third-order valence-electron chi connectivity index (χ3n) is 2.30. The molecular formula is C11H18N2O2. The number of carbonyl (C=O) groups is 1. The van der Waals surface area contributed by atoms with Crippen molar-refractivity contribution in [2.45, 2.75) is 19.3 Å². The normalized spacial score (nSPS) is 10.3. The maximum Gasteiger partial charge on any atom is 0.267 e. The van der Waals surface area contributed by atoms with Gasteiger partial charge in [0.25, 0.3) is 5.91 Å². The first-order chi connectivity index (χ1) is 7.25. The summed E-state index contributed by atoms with van der Waals surface area (Å²) in [5, 5.41) is 11.4. The molecule has 0 aromatic carbocycles. The van der Waals surface area contributed by atoms with Crippen molar-refractivity contribution in [2.75, 3.05) is 13.2 Å². The van der Waals surface area contributed by atoms with Gasteiger partial charge in [-0.15, -0.1) is 0 Å². The molecule has 4 heteroatoms. The fourth-order valence-corrected chi connectivity index (χ4v) is 1.40. The molecule has 0 atom stereocenters. The second kappa shape index (κ2) is 6.24. The average Bonchev–Trinajstić information content (AvgIpc) is 2.64. The molecule has 0 spiro atoms. The topological polar surface area (TPSA) is 54.3 Å². The van der Waals surface area contributed by atoms with E-state index in [0.29, 0.717) is 12.2 Å². The number of aromatic nitrogens is 1. The van der Waals surface area contributed by atoms with Gasteiger partial charge in [0, 0.05) is 26.4 Å². The van der Waals surface area contributed by atoms with E-state index in [1.807, 2.05) is 19.3 Å². The van der Waals surface area contributed by atoms with E-state index in [1.165, 1.54) is 0 Å². The van der Waals surface area contributed by atoms with E-state index >= 15 is 0 Å². The van der Waals surface area contributed by atoms with Gasteiger partial charge in [-0.25, -0.2) is 0 Å². The lowest BCUT2D eigenvalue weighted by atomic mass is 10.2.